The molecule has 0 aliphatic heterocycles. The lowest BCUT2D eigenvalue weighted by atomic mass is 10.0. The number of rotatable bonds is 1. The Hall–Kier alpha value is 0.230. The Labute approximate surface area is 86.8 Å². The number of alkyl halides is 5. The summed E-state index contributed by atoms with van der Waals surface area (Å²) in [5.74, 6) is -1.000. The van der Waals surface area contributed by atoms with Crippen molar-refractivity contribution in [2.45, 2.75) is 29.2 Å². The lowest BCUT2D eigenvalue weighted by molar-refractivity contribution is -0.147. The third-order valence-corrected chi connectivity index (χ3v) is 3.76. The van der Waals surface area contributed by atoms with Crippen molar-refractivity contribution in [1.82, 2.24) is 0 Å². The molecule has 0 spiro atoms. The molecule has 0 aromatic carbocycles. The summed E-state index contributed by atoms with van der Waals surface area (Å²) >= 11 is 7.77. The van der Waals surface area contributed by atoms with E-state index in [0.717, 1.165) is 0 Å². The highest BCUT2D eigenvalue weighted by molar-refractivity contribution is 9.10. The molecule has 0 radical (unpaired) electrons. The highest BCUT2D eigenvalue weighted by Gasteiger charge is 2.58. The Kier molecular flexibility index (Phi) is 2.98. The first-order chi connectivity index (χ1) is 5.75. The predicted molar refractivity (Wildman–Crippen MR) is 45.9 cm³/mol. The fourth-order valence-electron chi connectivity index (χ4n) is 1.36. The maximum absolute atomic E-state index is 12.3. The first-order valence-corrected chi connectivity index (χ1v) is 4.88. The fraction of sp³-hybridized carbons (Fsp3) is 0.857. The van der Waals surface area contributed by atoms with Crippen molar-refractivity contribution < 1.29 is 18.0 Å². The maximum atomic E-state index is 12.3. The molecule has 0 amide bonds. The summed E-state index contributed by atoms with van der Waals surface area (Å²) in [5.41, 5.74) is 0. The van der Waals surface area contributed by atoms with Crippen molar-refractivity contribution in [3.63, 3.8) is 0 Å². The normalized spacial score (nSPS) is 29.0. The van der Waals surface area contributed by atoms with Gasteiger partial charge in [0.05, 0.1) is 0 Å². The van der Waals surface area contributed by atoms with Crippen molar-refractivity contribution >= 4 is 33.3 Å². The molecule has 1 fully saturated rings. The van der Waals surface area contributed by atoms with Crippen molar-refractivity contribution in [2.24, 2.45) is 5.92 Å². The molecule has 0 bridgehead atoms. The molecule has 0 N–H and O–H groups in total. The van der Waals surface area contributed by atoms with Crippen LogP contribution in [0.25, 0.3) is 0 Å². The second kappa shape index (κ2) is 3.42. The van der Waals surface area contributed by atoms with E-state index in [-0.39, 0.29) is 25.0 Å². The number of carbonyl (C=O) groups is 1. The maximum Gasteiger partial charge on any atom is 0.417 e. The molecule has 0 heterocycles. The van der Waals surface area contributed by atoms with E-state index in [0.29, 0.717) is 0 Å². The summed E-state index contributed by atoms with van der Waals surface area (Å²) < 4.78 is 34.5. The minimum atomic E-state index is -4.52. The van der Waals surface area contributed by atoms with Gasteiger partial charge in [-0.1, -0.05) is 27.5 Å². The van der Waals surface area contributed by atoms with Gasteiger partial charge in [0, 0.05) is 18.8 Å². The van der Waals surface area contributed by atoms with Gasteiger partial charge < -0.3 is 0 Å². The van der Waals surface area contributed by atoms with Crippen LogP contribution in [0, 0.1) is 5.92 Å². The molecule has 1 nitrogen and oxygen atoms in total. The van der Waals surface area contributed by atoms with Crippen molar-refractivity contribution in [2.75, 3.05) is 0 Å². The van der Waals surface area contributed by atoms with E-state index in [1.807, 2.05) is 0 Å². The first-order valence-electron chi connectivity index (χ1n) is 3.71. The predicted octanol–water partition coefficient (Wildman–Crippen LogP) is 3.25. The molecule has 0 saturated heterocycles. The van der Waals surface area contributed by atoms with Crippen LogP contribution in [-0.4, -0.2) is 15.7 Å². The third kappa shape index (κ3) is 2.18. The Bertz CT molecular complexity index is 226. The molecule has 2 atom stereocenters. The number of hydrogen-bond acceptors (Lipinski definition) is 1. The molecular weight excluding hydrogens is 272 g/mol. The van der Waals surface area contributed by atoms with Crippen molar-refractivity contribution in [3.8, 4) is 0 Å². The van der Waals surface area contributed by atoms with Crippen LogP contribution in [0.2, 0.25) is 0 Å². The summed E-state index contributed by atoms with van der Waals surface area (Å²) in [4.78, 5) is 10.8. The van der Waals surface area contributed by atoms with E-state index in [4.69, 9.17) is 11.6 Å². The fourth-order valence-corrected chi connectivity index (χ4v) is 1.93. The summed E-state index contributed by atoms with van der Waals surface area (Å²) in [6.07, 6.45) is -4.22. The van der Waals surface area contributed by atoms with Gasteiger partial charge in [-0.15, -0.1) is 0 Å². The van der Waals surface area contributed by atoms with E-state index in [1.165, 1.54) is 0 Å². The molecule has 1 rings (SSSR count). The van der Waals surface area contributed by atoms with E-state index < -0.39 is 15.9 Å². The number of carbonyl (C=O) groups excluding carboxylic acids is 1. The topological polar surface area (TPSA) is 17.1 Å². The van der Waals surface area contributed by atoms with Gasteiger partial charge >= 0.3 is 6.18 Å². The van der Waals surface area contributed by atoms with Gasteiger partial charge in [0.15, 0.2) is 3.78 Å². The Morgan fingerprint density at radius 1 is 1.46 bits per heavy atom. The molecule has 2 unspecified atom stereocenters. The minimum absolute atomic E-state index is 0.0890. The van der Waals surface area contributed by atoms with E-state index in [1.54, 1.807) is 0 Å². The Morgan fingerprint density at radius 3 is 2.31 bits per heavy atom. The van der Waals surface area contributed by atoms with Crippen molar-refractivity contribution in [1.29, 1.82) is 0 Å². The van der Waals surface area contributed by atoms with E-state index >= 15 is 0 Å². The molecule has 1 aliphatic rings. The van der Waals surface area contributed by atoms with Crippen LogP contribution in [0.15, 0.2) is 0 Å². The van der Waals surface area contributed by atoms with Crippen LogP contribution in [0.4, 0.5) is 13.2 Å². The largest absolute Gasteiger partial charge is 0.417 e. The number of hydrogen-bond donors (Lipinski definition) is 0. The molecule has 0 aromatic heterocycles. The molecule has 0 aromatic rings. The zero-order valence-electron chi connectivity index (χ0n) is 6.50. The van der Waals surface area contributed by atoms with Gasteiger partial charge in [0.2, 0.25) is 0 Å². The van der Waals surface area contributed by atoms with Crippen LogP contribution >= 0.6 is 27.5 Å². The molecule has 76 valence electrons. The molecule has 1 aliphatic carbocycles. The summed E-state index contributed by atoms with van der Waals surface area (Å²) in [6, 6.07) is 0. The zero-order valence-corrected chi connectivity index (χ0v) is 8.84. The van der Waals surface area contributed by atoms with Crippen LogP contribution in [0.3, 0.4) is 0 Å². The van der Waals surface area contributed by atoms with Gasteiger partial charge in [-0.05, 0) is 6.42 Å². The minimum Gasteiger partial charge on any atom is -0.300 e. The smallest absolute Gasteiger partial charge is 0.300 e. The average Bonchev–Trinajstić information content (AvgIpc) is 2.33. The lowest BCUT2D eigenvalue weighted by Crippen LogP contribution is -2.39. The van der Waals surface area contributed by atoms with Gasteiger partial charge in [0.1, 0.15) is 5.78 Å². The van der Waals surface area contributed by atoms with Crippen molar-refractivity contribution in [3.05, 3.63) is 0 Å². The van der Waals surface area contributed by atoms with Crippen LogP contribution in [-0.2, 0) is 4.79 Å². The molecule has 13 heavy (non-hydrogen) atoms. The quantitative estimate of drug-likeness (QED) is 0.673. The first kappa shape index (κ1) is 11.3. The Balaban J connectivity index is 2.76. The van der Waals surface area contributed by atoms with Gasteiger partial charge in [-0.2, -0.15) is 13.2 Å². The number of ketones is 1. The standard InChI is InChI=1S/C7H7BrClF3O/c8-6(9,7(10,11)12)4-1-2-5(13)3-4/h4H,1-3H2. The van der Waals surface area contributed by atoms with E-state index in [2.05, 4.69) is 15.9 Å². The highest BCUT2D eigenvalue weighted by atomic mass is 79.9. The van der Waals surface area contributed by atoms with E-state index in [9.17, 15) is 18.0 Å². The summed E-state index contributed by atoms with van der Waals surface area (Å²) in [5, 5.41) is 0. The van der Waals surface area contributed by atoms with Gasteiger partial charge in [-0.25, -0.2) is 0 Å². The lowest BCUT2D eigenvalue weighted by Gasteiger charge is -2.28. The molecule has 6 heteroatoms. The summed E-state index contributed by atoms with van der Waals surface area (Å²) in [7, 11) is 0. The SMILES string of the molecule is O=C1CCC(C(Cl)(Br)C(F)(F)F)C1. The van der Waals surface area contributed by atoms with Gasteiger partial charge in [0.25, 0.3) is 0 Å². The number of halogens is 5. The second-order valence-electron chi connectivity index (χ2n) is 3.10. The van der Waals surface area contributed by atoms with Crippen LogP contribution in [0.1, 0.15) is 19.3 Å². The third-order valence-electron chi connectivity index (χ3n) is 2.14. The monoisotopic (exact) mass is 278 g/mol. The molecular formula is C7H7BrClF3O. The highest BCUT2D eigenvalue weighted by Crippen LogP contribution is 2.51. The Morgan fingerprint density at radius 2 is 2.00 bits per heavy atom. The zero-order chi connectivity index (χ0) is 10.3. The summed E-state index contributed by atoms with van der Waals surface area (Å²) in [6.45, 7) is 0. The van der Waals surface area contributed by atoms with Gasteiger partial charge in [-0.3, -0.25) is 4.79 Å². The number of Topliss-reactive ketones (excluding diaryl/α,β-unsaturated/α-hetero) is 1. The molecule has 1 saturated carbocycles. The average molecular weight is 279 g/mol. The van der Waals surface area contributed by atoms with Crippen LogP contribution in [0.5, 0.6) is 0 Å². The second-order valence-corrected chi connectivity index (χ2v) is 5.40. The van der Waals surface area contributed by atoms with Crippen LogP contribution < -0.4 is 0 Å².